The minimum atomic E-state index is -4.12. The van der Waals surface area contributed by atoms with Crippen LogP contribution in [0.3, 0.4) is 0 Å². The van der Waals surface area contributed by atoms with Gasteiger partial charge in [0.25, 0.3) is 0 Å². The zero-order valence-electron chi connectivity index (χ0n) is 10.3. The molecular weight excluding hydrogens is 253 g/mol. The van der Waals surface area contributed by atoms with Crippen molar-refractivity contribution in [3.8, 4) is 0 Å². The normalized spacial score (nSPS) is 13.7. The summed E-state index contributed by atoms with van der Waals surface area (Å²) in [5, 5.41) is 1.91. The summed E-state index contributed by atoms with van der Waals surface area (Å²) < 4.78 is 36.3. The maximum Gasteiger partial charge on any atom is 0.389 e. The standard InChI is InChI=1S/C14H15F3N2/c15-14(16,17)8-3-6-12(18)13-11-5-2-1-4-10(11)7-9-19-13/h1-2,4-5,7,9,12H,3,6,8,18H2. The molecule has 2 N–H and O–H groups in total. The molecule has 0 spiro atoms. The van der Waals surface area contributed by atoms with Gasteiger partial charge in [-0.2, -0.15) is 13.2 Å². The third kappa shape index (κ3) is 3.67. The number of nitrogens with zero attached hydrogens (tertiary/aromatic N) is 1. The van der Waals surface area contributed by atoms with Crippen LogP contribution in [-0.4, -0.2) is 11.2 Å². The van der Waals surface area contributed by atoms with E-state index in [-0.39, 0.29) is 12.8 Å². The minimum absolute atomic E-state index is 0.0234. The summed E-state index contributed by atoms with van der Waals surface area (Å²) in [6.07, 6.45) is -2.98. The van der Waals surface area contributed by atoms with Gasteiger partial charge in [0.15, 0.2) is 0 Å². The number of benzene rings is 1. The van der Waals surface area contributed by atoms with E-state index in [0.29, 0.717) is 5.69 Å². The number of alkyl halides is 3. The fourth-order valence-electron chi connectivity index (χ4n) is 2.10. The van der Waals surface area contributed by atoms with Crippen molar-refractivity contribution in [1.29, 1.82) is 0 Å². The fraction of sp³-hybridized carbons (Fsp3) is 0.357. The molecule has 19 heavy (non-hydrogen) atoms. The highest BCUT2D eigenvalue weighted by Crippen LogP contribution is 2.27. The largest absolute Gasteiger partial charge is 0.389 e. The van der Waals surface area contributed by atoms with Gasteiger partial charge < -0.3 is 5.73 Å². The zero-order valence-corrected chi connectivity index (χ0v) is 10.3. The summed E-state index contributed by atoms with van der Waals surface area (Å²) >= 11 is 0. The Hall–Kier alpha value is -1.62. The Bertz CT molecular complexity index is 546. The van der Waals surface area contributed by atoms with E-state index in [9.17, 15) is 13.2 Å². The second-order valence-corrected chi connectivity index (χ2v) is 4.53. The molecule has 0 saturated heterocycles. The van der Waals surface area contributed by atoms with Crippen LogP contribution < -0.4 is 5.73 Å². The van der Waals surface area contributed by atoms with Crippen LogP contribution in [0.5, 0.6) is 0 Å². The number of fused-ring (bicyclic) bond motifs is 1. The Morgan fingerprint density at radius 3 is 2.63 bits per heavy atom. The van der Waals surface area contributed by atoms with Crippen molar-refractivity contribution in [1.82, 2.24) is 4.98 Å². The average molecular weight is 268 g/mol. The smallest absolute Gasteiger partial charge is 0.323 e. The SMILES string of the molecule is NC(CCCC(F)(F)F)c1nccc2ccccc12. The van der Waals surface area contributed by atoms with Crippen LogP contribution in [0.25, 0.3) is 10.8 Å². The van der Waals surface area contributed by atoms with Crippen LogP contribution in [0, 0.1) is 0 Å². The number of halogens is 3. The highest BCUT2D eigenvalue weighted by Gasteiger charge is 2.26. The maximum absolute atomic E-state index is 12.1. The number of rotatable bonds is 4. The van der Waals surface area contributed by atoms with Gasteiger partial charge in [-0.25, -0.2) is 0 Å². The van der Waals surface area contributed by atoms with Crippen LogP contribution in [0.2, 0.25) is 0 Å². The van der Waals surface area contributed by atoms with Crippen LogP contribution in [-0.2, 0) is 0 Å². The number of aromatic nitrogens is 1. The highest BCUT2D eigenvalue weighted by atomic mass is 19.4. The summed E-state index contributed by atoms with van der Waals surface area (Å²) in [5.74, 6) is 0. The van der Waals surface area contributed by atoms with Crippen LogP contribution in [0.15, 0.2) is 36.5 Å². The second kappa shape index (κ2) is 5.57. The molecule has 0 amide bonds. The number of pyridine rings is 1. The molecule has 5 heteroatoms. The van der Waals surface area contributed by atoms with E-state index in [0.717, 1.165) is 10.8 Å². The quantitative estimate of drug-likeness (QED) is 0.911. The lowest BCUT2D eigenvalue weighted by Gasteiger charge is -2.14. The van der Waals surface area contributed by atoms with Gasteiger partial charge in [0, 0.05) is 24.0 Å². The molecular formula is C14H15F3N2. The minimum Gasteiger partial charge on any atom is -0.323 e. The molecule has 1 atom stereocenters. The topological polar surface area (TPSA) is 38.9 Å². The predicted octanol–water partition coefficient (Wildman–Crippen LogP) is 3.97. The van der Waals surface area contributed by atoms with E-state index in [1.165, 1.54) is 0 Å². The summed E-state index contributed by atoms with van der Waals surface area (Å²) in [6.45, 7) is 0. The van der Waals surface area contributed by atoms with E-state index in [1.54, 1.807) is 6.20 Å². The average Bonchev–Trinajstić information content (AvgIpc) is 2.36. The number of hydrogen-bond acceptors (Lipinski definition) is 2. The molecule has 1 aromatic heterocycles. The third-order valence-electron chi connectivity index (χ3n) is 3.03. The lowest BCUT2D eigenvalue weighted by atomic mass is 10.0. The van der Waals surface area contributed by atoms with Gasteiger partial charge in [-0.1, -0.05) is 24.3 Å². The molecule has 0 aliphatic carbocycles. The van der Waals surface area contributed by atoms with Crippen molar-refractivity contribution in [3.63, 3.8) is 0 Å². The molecule has 0 radical (unpaired) electrons. The summed E-state index contributed by atoms with van der Waals surface area (Å²) in [6, 6.07) is 9.00. The predicted molar refractivity (Wildman–Crippen MR) is 68.6 cm³/mol. The van der Waals surface area contributed by atoms with Crippen molar-refractivity contribution in [3.05, 3.63) is 42.2 Å². The molecule has 1 unspecified atom stereocenters. The van der Waals surface area contributed by atoms with Crippen LogP contribution >= 0.6 is 0 Å². The lowest BCUT2D eigenvalue weighted by Crippen LogP contribution is -2.14. The maximum atomic E-state index is 12.1. The Kier molecular flexibility index (Phi) is 4.04. The Balaban J connectivity index is 2.11. The van der Waals surface area contributed by atoms with Gasteiger partial charge in [-0.3, -0.25) is 4.98 Å². The van der Waals surface area contributed by atoms with E-state index in [2.05, 4.69) is 4.98 Å². The first-order chi connectivity index (χ1) is 8.97. The molecule has 0 aliphatic rings. The van der Waals surface area contributed by atoms with E-state index >= 15 is 0 Å². The van der Waals surface area contributed by atoms with Crippen molar-refractivity contribution in [2.24, 2.45) is 5.73 Å². The molecule has 2 nitrogen and oxygen atoms in total. The fourth-order valence-corrected chi connectivity index (χ4v) is 2.10. The molecule has 102 valence electrons. The summed E-state index contributed by atoms with van der Waals surface area (Å²) in [5.41, 5.74) is 6.63. The Labute approximate surface area is 109 Å². The first-order valence-corrected chi connectivity index (χ1v) is 6.13. The van der Waals surface area contributed by atoms with Crippen molar-refractivity contribution >= 4 is 10.8 Å². The van der Waals surface area contributed by atoms with E-state index < -0.39 is 18.6 Å². The number of nitrogens with two attached hydrogens (primary N) is 1. The molecule has 0 bridgehead atoms. The second-order valence-electron chi connectivity index (χ2n) is 4.53. The van der Waals surface area contributed by atoms with Crippen LogP contribution in [0.4, 0.5) is 13.2 Å². The van der Waals surface area contributed by atoms with Gasteiger partial charge in [-0.15, -0.1) is 0 Å². The Morgan fingerprint density at radius 1 is 1.16 bits per heavy atom. The number of hydrogen-bond donors (Lipinski definition) is 1. The van der Waals surface area contributed by atoms with Gasteiger partial charge in [0.05, 0.1) is 5.69 Å². The molecule has 2 aromatic rings. The zero-order chi connectivity index (χ0) is 13.9. The molecule has 0 aliphatic heterocycles. The lowest BCUT2D eigenvalue weighted by molar-refractivity contribution is -0.135. The Morgan fingerprint density at radius 2 is 1.89 bits per heavy atom. The van der Waals surface area contributed by atoms with Crippen molar-refractivity contribution < 1.29 is 13.2 Å². The molecule has 1 heterocycles. The first-order valence-electron chi connectivity index (χ1n) is 6.13. The van der Waals surface area contributed by atoms with Gasteiger partial charge >= 0.3 is 6.18 Å². The van der Waals surface area contributed by atoms with E-state index in [4.69, 9.17) is 5.73 Å². The third-order valence-corrected chi connectivity index (χ3v) is 3.03. The van der Waals surface area contributed by atoms with Gasteiger partial charge in [0.2, 0.25) is 0 Å². The summed E-state index contributed by atoms with van der Waals surface area (Å²) in [7, 11) is 0. The van der Waals surface area contributed by atoms with E-state index in [1.807, 2.05) is 30.3 Å². The molecule has 0 saturated carbocycles. The van der Waals surface area contributed by atoms with Gasteiger partial charge in [-0.05, 0) is 24.3 Å². The summed E-state index contributed by atoms with van der Waals surface area (Å²) in [4.78, 5) is 4.22. The highest BCUT2D eigenvalue weighted by molar-refractivity contribution is 5.84. The first kappa shape index (κ1) is 13.8. The molecule has 1 aromatic carbocycles. The van der Waals surface area contributed by atoms with Gasteiger partial charge in [0.1, 0.15) is 0 Å². The van der Waals surface area contributed by atoms with Crippen molar-refractivity contribution in [2.75, 3.05) is 0 Å². The molecule has 2 rings (SSSR count). The molecule has 0 fully saturated rings. The van der Waals surface area contributed by atoms with Crippen molar-refractivity contribution in [2.45, 2.75) is 31.5 Å². The van der Waals surface area contributed by atoms with Crippen LogP contribution in [0.1, 0.15) is 31.0 Å². The monoisotopic (exact) mass is 268 g/mol.